The van der Waals surface area contributed by atoms with Crippen molar-refractivity contribution in [1.29, 1.82) is 0 Å². The average molecular weight is 316 g/mol. The van der Waals surface area contributed by atoms with Crippen LogP contribution in [0.4, 0.5) is 5.69 Å². The van der Waals surface area contributed by atoms with E-state index in [-0.39, 0.29) is 0 Å². The molecule has 0 aliphatic rings. The van der Waals surface area contributed by atoms with E-state index in [0.717, 1.165) is 33.0 Å². The maximum atomic E-state index is 4.50. The van der Waals surface area contributed by atoms with Gasteiger partial charge in [-0.25, -0.2) is 9.50 Å². The van der Waals surface area contributed by atoms with Crippen molar-refractivity contribution in [2.75, 3.05) is 11.9 Å². The van der Waals surface area contributed by atoms with Crippen LogP contribution in [0.5, 0.6) is 0 Å². The molecule has 0 aliphatic carbocycles. The molecule has 0 unspecified atom stereocenters. The molecule has 2 rings (SSSR count). The van der Waals surface area contributed by atoms with Crippen molar-refractivity contribution in [1.82, 2.24) is 14.6 Å². The number of hydrogen-bond donors (Lipinski definition) is 1. The lowest BCUT2D eigenvalue weighted by molar-refractivity contribution is 0.879. The highest BCUT2D eigenvalue weighted by atomic mass is 127. The van der Waals surface area contributed by atoms with Crippen LogP contribution in [0.15, 0.2) is 6.07 Å². The van der Waals surface area contributed by atoms with Crippen molar-refractivity contribution >= 4 is 33.9 Å². The van der Waals surface area contributed by atoms with E-state index in [0.29, 0.717) is 0 Å². The summed E-state index contributed by atoms with van der Waals surface area (Å²) in [6.45, 7) is 6.96. The molecule has 0 aliphatic heterocycles. The third-order valence-electron chi connectivity index (χ3n) is 2.18. The Kier molecular flexibility index (Phi) is 2.81. The van der Waals surface area contributed by atoms with Crippen LogP contribution >= 0.6 is 22.6 Å². The number of halogens is 1. The summed E-state index contributed by atoms with van der Waals surface area (Å²) >= 11 is 2.27. The van der Waals surface area contributed by atoms with Gasteiger partial charge in [0.25, 0.3) is 0 Å². The Morgan fingerprint density at radius 2 is 2.20 bits per heavy atom. The van der Waals surface area contributed by atoms with Gasteiger partial charge in [-0.05, 0) is 49.4 Å². The predicted molar refractivity (Wildman–Crippen MR) is 69.3 cm³/mol. The van der Waals surface area contributed by atoms with Crippen molar-refractivity contribution in [3.8, 4) is 0 Å². The van der Waals surface area contributed by atoms with Crippen LogP contribution in [0.25, 0.3) is 5.65 Å². The number of aromatic nitrogens is 3. The number of anilines is 1. The molecule has 15 heavy (non-hydrogen) atoms. The first-order chi connectivity index (χ1) is 7.13. The van der Waals surface area contributed by atoms with Gasteiger partial charge in [-0.1, -0.05) is 0 Å². The average Bonchev–Trinajstić information content (AvgIpc) is 2.46. The van der Waals surface area contributed by atoms with Crippen LogP contribution in [0.3, 0.4) is 0 Å². The lowest BCUT2D eigenvalue weighted by Crippen LogP contribution is -2.04. The molecule has 4 nitrogen and oxygen atoms in total. The third kappa shape index (κ3) is 1.80. The van der Waals surface area contributed by atoms with E-state index in [2.05, 4.69) is 44.9 Å². The van der Waals surface area contributed by atoms with Gasteiger partial charge in [-0.15, -0.1) is 0 Å². The quantitative estimate of drug-likeness (QED) is 0.865. The number of imidazole rings is 1. The summed E-state index contributed by atoms with van der Waals surface area (Å²) in [5, 5.41) is 7.75. The van der Waals surface area contributed by atoms with Gasteiger partial charge in [0.15, 0.2) is 5.65 Å². The number of aryl methyl sites for hydroxylation is 2. The molecule has 0 radical (unpaired) electrons. The minimum Gasteiger partial charge on any atom is -0.382 e. The zero-order valence-corrected chi connectivity index (χ0v) is 11.2. The van der Waals surface area contributed by atoms with E-state index >= 15 is 0 Å². The van der Waals surface area contributed by atoms with Gasteiger partial charge in [0.2, 0.25) is 0 Å². The fourth-order valence-electron chi connectivity index (χ4n) is 1.54. The molecule has 0 aromatic carbocycles. The summed E-state index contributed by atoms with van der Waals surface area (Å²) in [6.07, 6.45) is 0. The van der Waals surface area contributed by atoms with Crippen LogP contribution in [-0.2, 0) is 0 Å². The predicted octanol–water partition coefficient (Wildman–Crippen LogP) is 2.38. The monoisotopic (exact) mass is 316 g/mol. The molecule has 0 saturated carbocycles. The molecule has 0 bridgehead atoms. The zero-order valence-electron chi connectivity index (χ0n) is 9.00. The first kappa shape index (κ1) is 10.7. The summed E-state index contributed by atoms with van der Waals surface area (Å²) in [5.41, 5.74) is 3.97. The van der Waals surface area contributed by atoms with Gasteiger partial charge in [-0.3, -0.25) is 0 Å². The van der Waals surface area contributed by atoms with Gasteiger partial charge in [-0.2, -0.15) is 5.10 Å². The maximum absolute atomic E-state index is 4.50. The standard InChI is InChI=1S/C10H13IN4/c1-4-12-8-5-6(2)14-15-9(11)7(3)13-10(8)15/h5,12H,4H2,1-3H3. The molecule has 2 aromatic heterocycles. The molecular formula is C10H13IN4. The second-order valence-electron chi connectivity index (χ2n) is 3.45. The third-order valence-corrected chi connectivity index (χ3v) is 3.42. The minimum absolute atomic E-state index is 0.890. The fourth-order valence-corrected chi connectivity index (χ4v) is 2.00. The second kappa shape index (κ2) is 3.96. The Balaban J connectivity index is 2.74. The van der Waals surface area contributed by atoms with E-state index in [1.807, 2.05) is 24.4 Å². The molecule has 0 saturated heterocycles. The topological polar surface area (TPSA) is 42.2 Å². The Labute approximate surface area is 102 Å². The largest absolute Gasteiger partial charge is 0.382 e. The number of fused-ring (bicyclic) bond motifs is 1. The number of hydrogen-bond acceptors (Lipinski definition) is 3. The van der Waals surface area contributed by atoms with Crippen molar-refractivity contribution in [3.05, 3.63) is 21.2 Å². The molecule has 5 heteroatoms. The van der Waals surface area contributed by atoms with Crippen LogP contribution in [-0.4, -0.2) is 21.1 Å². The van der Waals surface area contributed by atoms with Gasteiger partial charge in [0, 0.05) is 6.54 Å². The lowest BCUT2D eigenvalue weighted by Gasteiger charge is -2.05. The Hall–Kier alpha value is -0.850. The van der Waals surface area contributed by atoms with Gasteiger partial charge in [0.05, 0.1) is 17.1 Å². The van der Waals surface area contributed by atoms with Gasteiger partial charge < -0.3 is 5.32 Å². The minimum atomic E-state index is 0.890. The highest BCUT2D eigenvalue weighted by Crippen LogP contribution is 2.20. The SMILES string of the molecule is CCNc1cc(C)nn2c(I)c(C)nc12. The van der Waals surface area contributed by atoms with E-state index < -0.39 is 0 Å². The van der Waals surface area contributed by atoms with Gasteiger partial charge in [0.1, 0.15) is 3.70 Å². The number of nitrogens with zero attached hydrogens (tertiary/aromatic N) is 3. The van der Waals surface area contributed by atoms with E-state index in [1.54, 1.807) is 0 Å². The fraction of sp³-hybridized carbons (Fsp3) is 0.400. The Bertz CT molecular complexity index is 504. The van der Waals surface area contributed by atoms with Gasteiger partial charge >= 0.3 is 0 Å². The van der Waals surface area contributed by atoms with Crippen LogP contribution in [0.2, 0.25) is 0 Å². The highest BCUT2D eigenvalue weighted by Gasteiger charge is 2.11. The molecule has 0 amide bonds. The maximum Gasteiger partial charge on any atom is 0.178 e. The van der Waals surface area contributed by atoms with E-state index in [1.165, 1.54) is 0 Å². The molecule has 0 atom stereocenters. The van der Waals surface area contributed by atoms with Crippen molar-refractivity contribution < 1.29 is 0 Å². The molecule has 1 N–H and O–H groups in total. The number of rotatable bonds is 2. The lowest BCUT2D eigenvalue weighted by atomic mass is 10.3. The summed E-state index contributed by atoms with van der Waals surface area (Å²) in [7, 11) is 0. The summed E-state index contributed by atoms with van der Waals surface area (Å²) in [6, 6.07) is 2.03. The van der Waals surface area contributed by atoms with Crippen molar-refractivity contribution in [2.45, 2.75) is 20.8 Å². The zero-order chi connectivity index (χ0) is 11.0. The molecule has 0 fully saturated rings. The molecule has 2 heterocycles. The normalized spacial score (nSPS) is 10.9. The van der Waals surface area contributed by atoms with Crippen LogP contribution in [0, 0.1) is 17.5 Å². The van der Waals surface area contributed by atoms with E-state index in [9.17, 15) is 0 Å². The van der Waals surface area contributed by atoms with Crippen LogP contribution < -0.4 is 5.32 Å². The first-order valence-electron chi connectivity index (χ1n) is 4.90. The molecule has 80 valence electrons. The number of nitrogens with one attached hydrogen (secondary N) is 1. The van der Waals surface area contributed by atoms with Crippen LogP contribution in [0.1, 0.15) is 18.3 Å². The Morgan fingerprint density at radius 1 is 1.47 bits per heavy atom. The highest BCUT2D eigenvalue weighted by molar-refractivity contribution is 14.1. The summed E-state index contributed by atoms with van der Waals surface area (Å²) < 4.78 is 2.97. The smallest absolute Gasteiger partial charge is 0.178 e. The first-order valence-corrected chi connectivity index (χ1v) is 5.97. The second-order valence-corrected chi connectivity index (χ2v) is 4.47. The molecule has 2 aromatic rings. The summed E-state index contributed by atoms with van der Waals surface area (Å²) in [4.78, 5) is 4.50. The molecular weight excluding hydrogens is 303 g/mol. The van der Waals surface area contributed by atoms with Crippen molar-refractivity contribution in [3.63, 3.8) is 0 Å². The molecule has 0 spiro atoms. The summed E-state index contributed by atoms with van der Waals surface area (Å²) in [5.74, 6) is 0. The Morgan fingerprint density at radius 3 is 2.87 bits per heavy atom. The van der Waals surface area contributed by atoms with Crippen molar-refractivity contribution in [2.24, 2.45) is 0 Å². The van der Waals surface area contributed by atoms with E-state index in [4.69, 9.17) is 0 Å².